The number of phenols is 1. The topological polar surface area (TPSA) is 110 Å². The molecule has 1 heterocycles. The molecule has 120 valence electrons. The lowest BCUT2D eigenvalue weighted by atomic mass is 10.1. The normalized spacial score (nSPS) is 16.0. The van der Waals surface area contributed by atoms with Gasteiger partial charge in [0.25, 0.3) is 5.91 Å². The van der Waals surface area contributed by atoms with Crippen molar-refractivity contribution in [3.63, 3.8) is 0 Å². The minimum atomic E-state index is -0.727. The molecule has 0 saturated carbocycles. The number of thioether (sulfide) groups is 1. The molecule has 1 aromatic rings. The molecule has 1 amide bonds. The minimum absolute atomic E-state index is 0.194. The molecule has 0 aliphatic carbocycles. The lowest BCUT2D eigenvalue weighted by Gasteiger charge is -2.11. The first-order valence-corrected chi connectivity index (χ1v) is 7.35. The van der Waals surface area contributed by atoms with Crippen LogP contribution in [0.1, 0.15) is 5.56 Å². The van der Waals surface area contributed by atoms with Crippen LogP contribution in [0.4, 0.5) is 5.69 Å². The summed E-state index contributed by atoms with van der Waals surface area (Å²) in [6, 6.07) is 3.73. The number of aromatic hydroxyl groups is 1. The number of benzene rings is 1. The van der Waals surface area contributed by atoms with Crippen molar-refractivity contribution in [3.05, 3.63) is 38.8 Å². The van der Waals surface area contributed by atoms with Crippen LogP contribution in [0.5, 0.6) is 5.75 Å². The summed E-state index contributed by atoms with van der Waals surface area (Å²) in [4.78, 5) is 34.9. The Bertz CT molecular complexity index is 746. The fourth-order valence-corrected chi connectivity index (χ4v) is 3.01. The van der Waals surface area contributed by atoms with Gasteiger partial charge >= 0.3 is 11.7 Å². The van der Waals surface area contributed by atoms with Crippen LogP contribution in [0.2, 0.25) is 0 Å². The molecule has 0 bridgehead atoms. The third-order valence-corrected chi connectivity index (χ3v) is 4.26. The van der Waals surface area contributed by atoms with E-state index in [4.69, 9.17) is 12.2 Å². The second kappa shape index (κ2) is 6.75. The molecule has 0 aromatic heterocycles. The van der Waals surface area contributed by atoms with Crippen molar-refractivity contribution < 1.29 is 24.4 Å². The lowest BCUT2D eigenvalue weighted by molar-refractivity contribution is -0.385. The van der Waals surface area contributed by atoms with E-state index in [1.54, 1.807) is 0 Å². The van der Waals surface area contributed by atoms with E-state index in [-0.39, 0.29) is 15.8 Å². The van der Waals surface area contributed by atoms with Gasteiger partial charge in [-0.2, -0.15) is 0 Å². The summed E-state index contributed by atoms with van der Waals surface area (Å²) in [5, 5.41) is 20.2. The highest BCUT2D eigenvalue weighted by atomic mass is 32.2. The van der Waals surface area contributed by atoms with Gasteiger partial charge in [0.15, 0.2) is 5.75 Å². The second-order valence-electron chi connectivity index (χ2n) is 4.35. The average molecular weight is 354 g/mol. The zero-order valence-electron chi connectivity index (χ0n) is 11.7. The second-order valence-corrected chi connectivity index (χ2v) is 6.03. The van der Waals surface area contributed by atoms with Crippen molar-refractivity contribution in [2.24, 2.45) is 0 Å². The molecule has 1 N–H and O–H groups in total. The predicted molar refractivity (Wildman–Crippen MR) is 86.7 cm³/mol. The molecule has 1 saturated heterocycles. The molecule has 1 aliphatic heterocycles. The molecule has 0 spiro atoms. The average Bonchev–Trinajstić information content (AvgIpc) is 2.76. The zero-order chi connectivity index (χ0) is 17.1. The summed E-state index contributed by atoms with van der Waals surface area (Å²) >= 11 is 6.01. The largest absolute Gasteiger partial charge is 0.502 e. The van der Waals surface area contributed by atoms with Crippen LogP contribution in [-0.4, -0.2) is 44.8 Å². The Labute approximate surface area is 139 Å². The number of methoxy groups -OCH3 is 1. The number of rotatable bonds is 4. The van der Waals surface area contributed by atoms with Crippen molar-refractivity contribution in [3.8, 4) is 5.75 Å². The first-order valence-electron chi connectivity index (χ1n) is 6.13. The number of hydrogen-bond donors (Lipinski definition) is 1. The maximum absolute atomic E-state index is 12.2. The molecule has 8 nitrogen and oxygen atoms in total. The van der Waals surface area contributed by atoms with Gasteiger partial charge in [-0.05, 0) is 17.7 Å². The van der Waals surface area contributed by atoms with Crippen LogP contribution in [-0.2, 0) is 14.3 Å². The van der Waals surface area contributed by atoms with E-state index >= 15 is 0 Å². The SMILES string of the molecule is COC(=O)CN1C(=O)/C(=C/c2ccc(O)c([N+](=O)[O-])c2)SC1=S. The van der Waals surface area contributed by atoms with Crippen molar-refractivity contribution in [1.82, 2.24) is 4.90 Å². The number of hydrogen-bond acceptors (Lipinski definition) is 8. The van der Waals surface area contributed by atoms with Gasteiger partial charge in [0.1, 0.15) is 10.9 Å². The lowest BCUT2D eigenvalue weighted by Crippen LogP contribution is -2.33. The summed E-state index contributed by atoms with van der Waals surface area (Å²) in [6.07, 6.45) is 1.41. The van der Waals surface area contributed by atoms with Crippen LogP contribution in [0.25, 0.3) is 6.08 Å². The fourth-order valence-electron chi connectivity index (χ4n) is 1.76. The number of nitro benzene ring substituents is 1. The molecule has 0 atom stereocenters. The quantitative estimate of drug-likeness (QED) is 0.286. The Kier molecular flexibility index (Phi) is 4.96. The van der Waals surface area contributed by atoms with Gasteiger partial charge in [0.2, 0.25) is 0 Å². The maximum Gasteiger partial charge on any atom is 0.325 e. The Hall–Kier alpha value is -2.46. The van der Waals surface area contributed by atoms with Gasteiger partial charge in [-0.1, -0.05) is 30.0 Å². The van der Waals surface area contributed by atoms with E-state index in [1.807, 2.05) is 0 Å². The fraction of sp³-hybridized carbons (Fsp3) is 0.154. The number of carbonyl (C=O) groups excluding carboxylic acids is 2. The van der Waals surface area contributed by atoms with Crippen molar-refractivity contribution in [2.45, 2.75) is 0 Å². The molecule has 0 radical (unpaired) electrons. The number of ether oxygens (including phenoxy) is 1. The highest BCUT2D eigenvalue weighted by Crippen LogP contribution is 2.34. The highest BCUT2D eigenvalue weighted by molar-refractivity contribution is 8.26. The van der Waals surface area contributed by atoms with Crippen molar-refractivity contribution in [2.75, 3.05) is 13.7 Å². The zero-order valence-corrected chi connectivity index (χ0v) is 13.3. The van der Waals surface area contributed by atoms with Gasteiger partial charge in [-0.3, -0.25) is 24.6 Å². The Morgan fingerprint density at radius 3 is 2.87 bits per heavy atom. The molecule has 10 heteroatoms. The van der Waals surface area contributed by atoms with E-state index in [2.05, 4.69) is 4.74 Å². The van der Waals surface area contributed by atoms with E-state index in [0.717, 1.165) is 22.7 Å². The number of nitrogens with zero attached hydrogens (tertiary/aromatic N) is 2. The van der Waals surface area contributed by atoms with Crippen LogP contribution in [0.15, 0.2) is 23.1 Å². The standard InChI is InChI=1S/C13H10N2O6S2/c1-21-11(17)6-14-12(18)10(23-13(14)22)5-7-2-3-9(16)8(4-7)15(19)20/h2-5,16H,6H2,1H3/b10-5-. The number of phenolic OH excluding ortho intramolecular Hbond substituents is 1. The van der Waals surface area contributed by atoms with Gasteiger partial charge < -0.3 is 9.84 Å². The first kappa shape index (κ1) is 16.9. The first-order chi connectivity index (χ1) is 10.8. The molecular weight excluding hydrogens is 344 g/mol. The van der Waals surface area contributed by atoms with Crippen LogP contribution in [0.3, 0.4) is 0 Å². The van der Waals surface area contributed by atoms with Crippen LogP contribution in [0, 0.1) is 10.1 Å². The smallest absolute Gasteiger partial charge is 0.325 e. The summed E-state index contributed by atoms with van der Waals surface area (Å²) in [5.74, 6) is -1.56. The Morgan fingerprint density at radius 1 is 1.57 bits per heavy atom. The Balaban J connectivity index is 2.29. The van der Waals surface area contributed by atoms with Crippen LogP contribution >= 0.6 is 24.0 Å². The van der Waals surface area contributed by atoms with E-state index in [1.165, 1.54) is 25.3 Å². The summed E-state index contributed by atoms with van der Waals surface area (Å²) in [5.41, 5.74) is -0.114. The Morgan fingerprint density at radius 2 is 2.26 bits per heavy atom. The number of nitro groups is 1. The number of esters is 1. The van der Waals surface area contributed by atoms with Crippen molar-refractivity contribution >= 4 is 51.9 Å². The number of amides is 1. The number of thiocarbonyl (C=S) groups is 1. The molecule has 2 rings (SSSR count). The molecule has 1 fully saturated rings. The van der Waals surface area contributed by atoms with E-state index in [0.29, 0.717) is 5.56 Å². The third kappa shape index (κ3) is 3.66. The summed E-state index contributed by atoms with van der Waals surface area (Å²) in [6.45, 7) is -0.297. The monoisotopic (exact) mass is 354 g/mol. The van der Waals surface area contributed by atoms with Crippen molar-refractivity contribution in [1.29, 1.82) is 0 Å². The summed E-state index contributed by atoms with van der Waals surface area (Å²) < 4.78 is 4.69. The van der Waals surface area contributed by atoms with E-state index < -0.39 is 28.2 Å². The van der Waals surface area contributed by atoms with Crippen LogP contribution < -0.4 is 0 Å². The van der Waals surface area contributed by atoms with E-state index in [9.17, 15) is 24.8 Å². The van der Waals surface area contributed by atoms with Gasteiger partial charge in [0, 0.05) is 6.07 Å². The molecule has 1 aliphatic rings. The highest BCUT2D eigenvalue weighted by Gasteiger charge is 2.33. The molecular formula is C13H10N2O6S2. The predicted octanol–water partition coefficient (Wildman–Crippen LogP) is 1.67. The maximum atomic E-state index is 12.2. The molecule has 1 aromatic carbocycles. The summed E-state index contributed by atoms with van der Waals surface area (Å²) in [7, 11) is 1.20. The minimum Gasteiger partial charge on any atom is -0.502 e. The van der Waals surface area contributed by atoms with Gasteiger partial charge in [-0.15, -0.1) is 0 Å². The van der Waals surface area contributed by atoms with Gasteiger partial charge in [-0.25, -0.2) is 0 Å². The third-order valence-electron chi connectivity index (χ3n) is 2.88. The molecule has 23 heavy (non-hydrogen) atoms. The number of carbonyl (C=O) groups is 2. The molecule has 0 unspecified atom stereocenters. The van der Waals surface area contributed by atoms with Gasteiger partial charge in [0.05, 0.1) is 16.9 Å².